The summed E-state index contributed by atoms with van der Waals surface area (Å²) in [5.74, 6) is 0.228. The number of oxazole rings is 1. The maximum Gasteiger partial charge on any atom is 0.417 e. The van der Waals surface area contributed by atoms with Crippen LogP contribution in [0.15, 0.2) is 62.9 Å². The van der Waals surface area contributed by atoms with Gasteiger partial charge in [-0.15, -0.1) is 0 Å². The van der Waals surface area contributed by atoms with E-state index in [0.717, 1.165) is 37.1 Å². The highest BCUT2D eigenvalue weighted by molar-refractivity contribution is 6.03. The summed E-state index contributed by atoms with van der Waals surface area (Å²) in [6.45, 7) is 3.10. The van der Waals surface area contributed by atoms with Gasteiger partial charge in [-0.25, -0.2) is 4.79 Å². The average Bonchev–Trinajstić information content (AvgIpc) is 3.38. The molecule has 0 spiro atoms. The number of hydrogen-bond acceptors (Lipinski definition) is 5. The van der Waals surface area contributed by atoms with Gasteiger partial charge in [0.2, 0.25) is 0 Å². The molecule has 1 atom stereocenters. The van der Waals surface area contributed by atoms with E-state index in [9.17, 15) is 4.79 Å². The van der Waals surface area contributed by atoms with E-state index in [1.54, 1.807) is 0 Å². The van der Waals surface area contributed by atoms with Gasteiger partial charge in [0, 0.05) is 24.1 Å². The van der Waals surface area contributed by atoms with Crippen molar-refractivity contribution in [2.45, 2.75) is 56.6 Å². The van der Waals surface area contributed by atoms with Gasteiger partial charge in [-0.05, 0) is 56.2 Å². The maximum absolute atomic E-state index is 11.4. The number of oxime groups is 1. The molecule has 0 bridgehead atoms. The van der Waals surface area contributed by atoms with E-state index in [4.69, 9.17) is 9.25 Å². The van der Waals surface area contributed by atoms with Crippen LogP contribution in [-0.4, -0.2) is 28.9 Å². The highest BCUT2D eigenvalue weighted by atomic mass is 16.6. The predicted molar refractivity (Wildman–Crippen MR) is 117 cm³/mol. The molecule has 1 aliphatic carbocycles. The van der Waals surface area contributed by atoms with Crippen molar-refractivity contribution < 1.29 is 9.25 Å². The summed E-state index contributed by atoms with van der Waals surface area (Å²) in [7, 11) is 0. The topological polar surface area (TPSA) is 79.6 Å². The molecule has 1 saturated carbocycles. The highest BCUT2D eigenvalue weighted by Crippen LogP contribution is 2.37. The van der Waals surface area contributed by atoms with E-state index in [1.165, 1.54) is 18.4 Å². The largest absolute Gasteiger partial charge is 0.417 e. The van der Waals surface area contributed by atoms with Crippen molar-refractivity contribution in [2.75, 3.05) is 6.54 Å². The first-order valence-corrected chi connectivity index (χ1v) is 10.7. The standard InChI is InChI=1S/C24H27N3O3/c1-24(11-9-17(10-12-24)16-5-3-2-4-6-16)25-15-19-14-21(27-30-19)18-7-8-20-22(13-18)29-23(28)26-20/h2-8,13,17,19,25H,9-12,14-15H2,1H3,(H,26,28). The molecule has 2 aliphatic rings. The molecule has 1 unspecified atom stereocenters. The quantitative estimate of drug-likeness (QED) is 0.663. The Bertz CT molecular complexity index is 1110. The van der Waals surface area contributed by atoms with Crippen molar-refractivity contribution in [3.63, 3.8) is 0 Å². The van der Waals surface area contributed by atoms with Gasteiger partial charge in [0.15, 0.2) is 5.58 Å². The maximum atomic E-state index is 11.4. The van der Waals surface area contributed by atoms with E-state index < -0.39 is 5.76 Å². The number of rotatable bonds is 5. The van der Waals surface area contributed by atoms with Crippen molar-refractivity contribution in [1.82, 2.24) is 10.3 Å². The Balaban J connectivity index is 1.15. The van der Waals surface area contributed by atoms with E-state index in [0.29, 0.717) is 17.0 Å². The SMILES string of the molecule is CC1(NCC2CC(c3ccc4[nH]c(=O)oc4c3)=NO2)CCC(c2ccccc2)CC1. The van der Waals surface area contributed by atoms with E-state index >= 15 is 0 Å². The number of H-pyrrole nitrogens is 1. The first-order valence-electron chi connectivity index (χ1n) is 10.7. The fourth-order valence-electron chi connectivity index (χ4n) is 4.68. The Morgan fingerprint density at radius 2 is 1.97 bits per heavy atom. The number of hydrogen-bond donors (Lipinski definition) is 2. The van der Waals surface area contributed by atoms with Gasteiger partial charge in [-0.3, -0.25) is 4.98 Å². The lowest BCUT2D eigenvalue weighted by molar-refractivity contribution is 0.0739. The number of aromatic amines is 1. The molecule has 5 rings (SSSR count). The second-order valence-electron chi connectivity index (χ2n) is 8.82. The van der Waals surface area contributed by atoms with Crippen molar-refractivity contribution in [2.24, 2.45) is 5.16 Å². The predicted octanol–water partition coefficient (Wildman–Crippen LogP) is 4.32. The number of nitrogens with zero attached hydrogens (tertiary/aromatic N) is 1. The average molecular weight is 405 g/mol. The molecule has 156 valence electrons. The van der Waals surface area contributed by atoms with E-state index in [1.807, 2.05) is 18.2 Å². The number of benzene rings is 2. The van der Waals surface area contributed by atoms with Gasteiger partial charge < -0.3 is 14.6 Å². The Hall–Kier alpha value is -2.86. The van der Waals surface area contributed by atoms with Crippen molar-refractivity contribution >= 4 is 16.8 Å². The molecule has 0 saturated heterocycles. The molecule has 0 amide bonds. The summed E-state index contributed by atoms with van der Waals surface area (Å²) in [5.41, 5.74) is 4.68. The molecular weight excluding hydrogens is 378 g/mol. The summed E-state index contributed by atoms with van der Waals surface area (Å²) in [4.78, 5) is 19.7. The first kappa shape index (κ1) is 19.1. The number of aromatic nitrogens is 1. The lowest BCUT2D eigenvalue weighted by atomic mass is 9.75. The third-order valence-corrected chi connectivity index (χ3v) is 6.60. The van der Waals surface area contributed by atoms with E-state index in [-0.39, 0.29) is 11.6 Å². The Morgan fingerprint density at radius 3 is 2.77 bits per heavy atom. The van der Waals surface area contributed by atoms with Crippen LogP contribution in [0.25, 0.3) is 11.1 Å². The van der Waals surface area contributed by atoms with Gasteiger partial charge in [0.1, 0.15) is 6.10 Å². The lowest BCUT2D eigenvalue weighted by Gasteiger charge is -2.39. The van der Waals surface area contributed by atoms with Crippen molar-refractivity contribution in [3.8, 4) is 0 Å². The Kier molecular flexibility index (Phi) is 4.95. The normalized spacial score (nSPS) is 26.5. The van der Waals surface area contributed by atoms with Crippen LogP contribution in [0, 0.1) is 0 Å². The molecule has 2 aromatic carbocycles. The molecule has 6 nitrogen and oxygen atoms in total. The fourth-order valence-corrected chi connectivity index (χ4v) is 4.68. The zero-order valence-electron chi connectivity index (χ0n) is 17.2. The van der Waals surface area contributed by atoms with Gasteiger partial charge in [0.25, 0.3) is 0 Å². The van der Waals surface area contributed by atoms with Crippen LogP contribution >= 0.6 is 0 Å². The van der Waals surface area contributed by atoms with Crippen LogP contribution in [0.5, 0.6) is 0 Å². The third-order valence-electron chi connectivity index (χ3n) is 6.60. The van der Waals surface area contributed by atoms with Crippen LogP contribution < -0.4 is 11.1 Å². The first-order chi connectivity index (χ1) is 14.6. The molecular formula is C24H27N3O3. The second kappa shape index (κ2) is 7.76. The van der Waals surface area contributed by atoms with Crippen LogP contribution in [0.4, 0.5) is 0 Å². The summed E-state index contributed by atoms with van der Waals surface area (Å²) < 4.78 is 5.16. The van der Waals surface area contributed by atoms with Crippen LogP contribution in [0.2, 0.25) is 0 Å². The minimum Gasteiger partial charge on any atom is -0.408 e. The summed E-state index contributed by atoms with van der Waals surface area (Å²) >= 11 is 0. The molecule has 1 fully saturated rings. The number of nitrogens with one attached hydrogen (secondary N) is 2. The van der Waals surface area contributed by atoms with Crippen molar-refractivity contribution in [3.05, 3.63) is 70.2 Å². The third kappa shape index (κ3) is 3.92. The molecule has 3 aromatic rings. The van der Waals surface area contributed by atoms with Crippen LogP contribution in [0.1, 0.15) is 56.1 Å². The lowest BCUT2D eigenvalue weighted by Crippen LogP contribution is -2.47. The molecule has 2 N–H and O–H groups in total. The van der Waals surface area contributed by atoms with Crippen LogP contribution in [-0.2, 0) is 4.84 Å². The van der Waals surface area contributed by atoms with Crippen LogP contribution in [0.3, 0.4) is 0 Å². The summed E-state index contributed by atoms with van der Waals surface area (Å²) in [5, 5.41) is 8.04. The minimum absolute atomic E-state index is 0.0256. The Labute approximate surface area is 175 Å². The zero-order chi connectivity index (χ0) is 20.6. The number of fused-ring (bicyclic) bond motifs is 1. The molecule has 6 heteroatoms. The highest BCUT2D eigenvalue weighted by Gasteiger charge is 2.33. The minimum atomic E-state index is -0.441. The van der Waals surface area contributed by atoms with Gasteiger partial charge in [0.05, 0.1) is 11.2 Å². The second-order valence-corrected chi connectivity index (χ2v) is 8.82. The fraction of sp³-hybridized carbons (Fsp3) is 0.417. The smallest absolute Gasteiger partial charge is 0.408 e. The molecule has 1 aromatic heterocycles. The zero-order valence-corrected chi connectivity index (χ0v) is 17.2. The molecule has 30 heavy (non-hydrogen) atoms. The van der Waals surface area contributed by atoms with E-state index in [2.05, 4.69) is 52.7 Å². The molecule has 0 radical (unpaired) electrons. The summed E-state index contributed by atoms with van der Waals surface area (Å²) in [6.07, 6.45) is 5.52. The Morgan fingerprint density at radius 1 is 1.17 bits per heavy atom. The van der Waals surface area contributed by atoms with Gasteiger partial charge in [-0.2, -0.15) is 0 Å². The molecule has 2 heterocycles. The molecule has 1 aliphatic heterocycles. The summed E-state index contributed by atoms with van der Waals surface area (Å²) in [6, 6.07) is 16.5. The van der Waals surface area contributed by atoms with Crippen molar-refractivity contribution in [1.29, 1.82) is 0 Å². The van der Waals surface area contributed by atoms with Gasteiger partial charge in [-0.1, -0.05) is 41.6 Å². The monoisotopic (exact) mass is 405 g/mol. The van der Waals surface area contributed by atoms with Gasteiger partial charge >= 0.3 is 5.76 Å².